The number of rotatable bonds is 7. The normalized spacial score (nSPS) is 15.5. The zero-order chi connectivity index (χ0) is 24.4. The highest BCUT2D eigenvalue weighted by molar-refractivity contribution is 5.69. The van der Waals surface area contributed by atoms with Gasteiger partial charge in [-0.25, -0.2) is 19.0 Å². The molecule has 2 aromatic heterocycles. The highest BCUT2D eigenvalue weighted by Gasteiger charge is 2.27. The second kappa shape index (κ2) is 9.84. The van der Waals surface area contributed by atoms with Crippen LogP contribution in [0.2, 0.25) is 0 Å². The third-order valence-electron chi connectivity index (χ3n) is 6.29. The lowest BCUT2D eigenvalue weighted by Crippen LogP contribution is -2.19. The van der Waals surface area contributed by atoms with Gasteiger partial charge in [-0.05, 0) is 66.8 Å². The van der Waals surface area contributed by atoms with E-state index >= 15 is 0 Å². The fourth-order valence-corrected chi connectivity index (χ4v) is 4.66. The van der Waals surface area contributed by atoms with Crippen molar-refractivity contribution in [3.05, 3.63) is 88.8 Å². The van der Waals surface area contributed by atoms with Crippen molar-refractivity contribution in [2.75, 3.05) is 14.2 Å². The molecule has 0 amide bonds. The van der Waals surface area contributed by atoms with Crippen molar-refractivity contribution >= 4 is 12.2 Å². The van der Waals surface area contributed by atoms with E-state index < -0.39 is 0 Å². The number of nitrogens with zero attached hydrogens (tertiary/aromatic N) is 5. The molecule has 0 saturated carbocycles. The predicted molar refractivity (Wildman–Crippen MR) is 132 cm³/mol. The molecule has 0 radical (unpaired) electrons. The number of halogens is 1. The molecule has 35 heavy (non-hydrogen) atoms. The minimum Gasteiger partial charge on any atom is -0.495 e. The minimum absolute atomic E-state index is 0.0576. The molecule has 0 aliphatic carbocycles. The lowest BCUT2D eigenvalue weighted by atomic mass is 9.88. The smallest absolute Gasteiger partial charge is 0.174 e. The Bertz CT molecular complexity index is 1370. The summed E-state index contributed by atoms with van der Waals surface area (Å²) in [4.78, 5) is 9.14. The number of benzene rings is 2. The molecule has 3 heterocycles. The average Bonchev–Trinajstić information content (AvgIpc) is 3.49. The zero-order valence-corrected chi connectivity index (χ0v) is 20.1. The van der Waals surface area contributed by atoms with Gasteiger partial charge in [0.15, 0.2) is 5.82 Å². The van der Waals surface area contributed by atoms with E-state index in [-0.39, 0.29) is 11.7 Å². The molecule has 1 aliphatic heterocycles. The number of hydrogen-bond donors (Lipinski definition) is 0. The Morgan fingerprint density at radius 3 is 2.80 bits per heavy atom. The maximum absolute atomic E-state index is 13.9. The second-order valence-corrected chi connectivity index (χ2v) is 8.71. The van der Waals surface area contributed by atoms with Gasteiger partial charge in [-0.2, -0.15) is 5.10 Å². The van der Waals surface area contributed by atoms with Crippen LogP contribution < -0.4 is 4.74 Å². The van der Waals surface area contributed by atoms with E-state index in [9.17, 15) is 4.39 Å². The quantitative estimate of drug-likeness (QED) is 0.371. The number of fused-ring (bicyclic) bond motifs is 1. The first kappa shape index (κ1) is 23.0. The first-order chi connectivity index (χ1) is 17.1. The molecule has 5 rings (SSSR count). The van der Waals surface area contributed by atoms with Crippen LogP contribution in [0.4, 0.5) is 4.39 Å². The molecular formula is C27H28FN5O2. The van der Waals surface area contributed by atoms with Gasteiger partial charge in [0.1, 0.15) is 17.4 Å². The van der Waals surface area contributed by atoms with Crippen LogP contribution in [0, 0.1) is 12.7 Å². The van der Waals surface area contributed by atoms with Crippen LogP contribution in [0.3, 0.4) is 0 Å². The summed E-state index contributed by atoms with van der Waals surface area (Å²) in [6.07, 6.45) is 9.56. The predicted octanol–water partition coefficient (Wildman–Crippen LogP) is 5.16. The Morgan fingerprint density at radius 1 is 1.14 bits per heavy atom. The van der Waals surface area contributed by atoms with Crippen molar-refractivity contribution in [1.29, 1.82) is 0 Å². The summed E-state index contributed by atoms with van der Waals surface area (Å²) in [7, 11) is 3.29. The number of aromatic nitrogens is 5. The van der Waals surface area contributed by atoms with Gasteiger partial charge < -0.3 is 14.0 Å². The molecule has 0 bridgehead atoms. The summed E-state index contributed by atoms with van der Waals surface area (Å²) >= 11 is 0. The summed E-state index contributed by atoms with van der Waals surface area (Å²) in [6.45, 7) is 3.14. The molecule has 0 fully saturated rings. The van der Waals surface area contributed by atoms with Gasteiger partial charge in [-0.15, -0.1) is 0 Å². The fourth-order valence-electron chi connectivity index (χ4n) is 4.66. The monoisotopic (exact) mass is 473 g/mol. The number of imidazole rings is 1. The van der Waals surface area contributed by atoms with E-state index in [1.54, 1.807) is 26.6 Å². The summed E-state index contributed by atoms with van der Waals surface area (Å²) in [5, 5.41) is 4.72. The summed E-state index contributed by atoms with van der Waals surface area (Å²) in [6, 6.07) is 10.9. The SMILES string of the molecule is COCc1cc(F)ccc1[C@H]1CCCn2nc(/C=C/c3ccc(-n4cnc(C)c4)c(OC)c3)nc21. The van der Waals surface area contributed by atoms with Crippen LogP contribution in [0.1, 0.15) is 52.8 Å². The third-order valence-corrected chi connectivity index (χ3v) is 6.29. The number of ether oxygens (including phenoxy) is 2. The van der Waals surface area contributed by atoms with Gasteiger partial charge in [0.2, 0.25) is 0 Å². The Kier molecular flexibility index (Phi) is 6.46. The van der Waals surface area contributed by atoms with E-state index in [0.29, 0.717) is 12.4 Å². The first-order valence-corrected chi connectivity index (χ1v) is 11.6. The third kappa shape index (κ3) is 4.74. The molecule has 4 aromatic rings. The van der Waals surface area contributed by atoms with Crippen molar-refractivity contribution in [3.63, 3.8) is 0 Å². The van der Waals surface area contributed by atoms with Crippen LogP contribution in [0.25, 0.3) is 17.8 Å². The lowest BCUT2D eigenvalue weighted by molar-refractivity contribution is 0.183. The van der Waals surface area contributed by atoms with Gasteiger partial charge in [0.05, 0.1) is 31.4 Å². The maximum Gasteiger partial charge on any atom is 0.174 e. The van der Waals surface area contributed by atoms with Crippen molar-refractivity contribution in [3.8, 4) is 11.4 Å². The molecule has 180 valence electrons. The molecule has 1 aliphatic rings. The summed E-state index contributed by atoms with van der Waals surface area (Å²) in [5.74, 6) is 2.11. The summed E-state index contributed by atoms with van der Waals surface area (Å²) in [5.41, 5.74) is 4.75. The van der Waals surface area contributed by atoms with Crippen LogP contribution in [-0.2, 0) is 17.9 Å². The van der Waals surface area contributed by atoms with Gasteiger partial charge in [-0.3, -0.25) is 0 Å². The molecular weight excluding hydrogens is 445 g/mol. The van der Waals surface area contributed by atoms with Gasteiger partial charge in [0.25, 0.3) is 0 Å². The zero-order valence-electron chi connectivity index (χ0n) is 20.1. The molecule has 1 atom stereocenters. The topological polar surface area (TPSA) is 67.0 Å². The Balaban J connectivity index is 1.42. The molecule has 0 N–H and O–H groups in total. The van der Waals surface area contributed by atoms with Crippen molar-refractivity contribution < 1.29 is 13.9 Å². The van der Waals surface area contributed by atoms with Gasteiger partial charge in [0, 0.05) is 25.8 Å². The maximum atomic E-state index is 13.9. The van der Waals surface area contributed by atoms with Crippen molar-refractivity contribution in [1.82, 2.24) is 24.3 Å². The second-order valence-electron chi connectivity index (χ2n) is 8.71. The average molecular weight is 474 g/mol. The van der Waals surface area contributed by atoms with Crippen LogP contribution >= 0.6 is 0 Å². The number of aryl methyl sites for hydroxylation is 2. The van der Waals surface area contributed by atoms with Crippen LogP contribution in [-0.4, -0.2) is 38.5 Å². The molecule has 0 unspecified atom stereocenters. The first-order valence-electron chi connectivity index (χ1n) is 11.6. The van der Waals surface area contributed by atoms with E-state index in [1.807, 2.05) is 58.8 Å². The van der Waals surface area contributed by atoms with Crippen molar-refractivity contribution in [2.45, 2.75) is 38.8 Å². The Morgan fingerprint density at radius 2 is 2.03 bits per heavy atom. The molecule has 0 spiro atoms. The lowest BCUT2D eigenvalue weighted by Gasteiger charge is -2.24. The largest absolute Gasteiger partial charge is 0.495 e. The standard InChI is InChI=1S/C27H28FN5O2/c1-18-15-32(17-29-18)24-10-6-19(13-25(24)35-3)7-11-26-30-27-23(5-4-12-33(27)31-26)22-9-8-21(28)14-20(22)16-34-2/h6-11,13-15,17,23H,4-5,12,16H2,1-3H3/b11-7+/t23-/m1/s1. The Hall–Kier alpha value is -3.78. The van der Waals surface area contributed by atoms with E-state index in [1.165, 1.54) is 6.07 Å². The van der Waals surface area contributed by atoms with Gasteiger partial charge >= 0.3 is 0 Å². The van der Waals surface area contributed by atoms with Gasteiger partial charge in [-0.1, -0.05) is 18.2 Å². The van der Waals surface area contributed by atoms with E-state index in [0.717, 1.165) is 59.0 Å². The molecule has 0 saturated heterocycles. The van der Waals surface area contributed by atoms with E-state index in [2.05, 4.69) is 4.98 Å². The Labute approximate surface area is 203 Å². The summed E-state index contributed by atoms with van der Waals surface area (Å²) < 4.78 is 28.7. The van der Waals surface area contributed by atoms with E-state index in [4.69, 9.17) is 19.6 Å². The molecule has 2 aromatic carbocycles. The highest BCUT2D eigenvalue weighted by atomic mass is 19.1. The molecule has 7 nitrogen and oxygen atoms in total. The molecule has 8 heteroatoms. The number of hydrogen-bond acceptors (Lipinski definition) is 5. The highest BCUT2D eigenvalue weighted by Crippen LogP contribution is 2.35. The fraction of sp³-hybridized carbons (Fsp3) is 0.296. The minimum atomic E-state index is -0.258. The number of methoxy groups -OCH3 is 2. The van der Waals surface area contributed by atoms with Crippen LogP contribution in [0.15, 0.2) is 48.9 Å². The van der Waals surface area contributed by atoms with Crippen molar-refractivity contribution in [2.24, 2.45) is 0 Å². The van der Waals surface area contributed by atoms with Crippen LogP contribution in [0.5, 0.6) is 5.75 Å².